The molecule has 3 rings (SSSR count). The number of amides is 1. The minimum Gasteiger partial charge on any atom is -0.506 e. The number of phenolic OH excluding ortho intramolecular Hbond substituents is 1. The molecule has 0 aliphatic carbocycles. The van der Waals surface area contributed by atoms with Crippen LogP contribution < -0.4 is 4.74 Å². The van der Waals surface area contributed by atoms with Gasteiger partial charge in [-0.15, -0.1) is 0 Å². The normalized spacial score (nSPS) is 15.9. The van der Waals surface area contributed by atoms with Crippen LogP contribution in [0.4, 0.5) is 0 Å². The highest BCUT2D eigenvalue weighted by atomic mass is 79.9. The number of ether oxygens (including phenoxy) is 2. The Bertz CT molecular complexity index is 1210. The Balaban J connectivity index is 2.08. The zero-order valence-corrected chi connectivity index (χ0v) is 20.8. The zero-order valence-electron chi connectivity index (χ0n) is 17.6. The molecular weight excluding hydrogens is 534 g/mol. The van der Waals surface area contributed by atoms with Gasteiger partial charge in [0.25, 0.3) is 5.91 Å². The molecule has 0 radical (unpaired) electrons. The van der Waals surface area contributed by atoms with Crippen LogP contribution in [0, 0.1) is 0 Å². The summed E-state index contributed by atoms with van der Waals surface area (Å²) < 4.78 is 11.1. The molecule has 172 valence electrons. The third kappa shape index (κ3) is 5.61. The highest BCUT2D eigenvalue weighted by Gasteiger charge is 2.34. The molecule has 10 heteroatoms. The fourth-order valence-electron chi connectivity index (χ4n) is 2.89. The van der Waals surface area contributed by atoms with Gasteiger partial charge in [0, 0.05) is 10.0 Å². The standard InChI is InChI=1S/C23H19BrClNO6S/c1-3-31-16-11-13(24)9-12(19(16)27)10-17-20(28)18(23(30)32-4-2)22(33-17)26-21(29)14-7-5-6-8-15(14)25/h5-11,27-28H,3-4H2,1-2H3/b17-10-,26-22?. The Morgan fingerprint density at radius 1 is 1.18 bits per heavy atom. The molecule has 1 amide bonds. The summed E-state index contributed by atoms with van der Waals surface area (Å²) in [7, 11) is 0. The molecule has 1 heterocycles. The summed E-state index contributed by atoms with van der Waals surface area (Å²) in [5.74, 6) is -1.82. The van der Waals surface area contributed by atoms with Gasteiger partial charge in [-0.25, -0.2) is 9.79 Å². The summed E-state index contributed by atoms with van der Waals surface area (Å²) in [5, 5.41) is 21.5. The average Bonchev–Trinajstić information content (AvgIpc) is 3.06. The summed E-state index contributed by atoms with van der Waals surface area (Å²) in [5.41, 5.74) is 0.232. The van der Waals surface area contributed by atoms with Crippen LogP contribution in [0.15, 0.2) is 62.1 Å². The van der Waals surface area contributed by atoms with E-state index in [4.69, 9.17) is 21.1 Å². The maximum Gasteiger partial charge on any atom is 0.344 e. The fraction of sp³-hybridized carbons (Fsp3) is 0.174. The third-order valence-electron chi connectivity index (χ3n) is 4.33. The number of aliphatic hydroxyl groups is 1. The quantitative estimate of drug-likeness (QED) is 0.429. The maximum absolute atomic E-state index is 12.7. The number of phenols is 1. The number of aliphatic imine (C=N–C) groups is 1. The smallest absolute Gasteiger partial charge is 0.344 e. The van der Waals surface area contributed by atoms with E-state index in [9.17, 15) is 19.8 Å². The summed E-state index contributed by atoms with van der Waals surface area (Å²) >= 11 is 10.3. The number of aromatic hydroxyl groups is 1. The average molecular weight is 553 g/mol. The molecule has 0 saturated carbocycles. The van der Waals surface area contributed by atoms with Gasteiger partial charge in [0.15, 0.2) is 11.5 Å². The molecule has 33 heavy (non-hydrogen) atoms. The first-order valence-corrected chi connectivity index (χ1v) is 11.8. The highest BCUT2D eigenvalue weighted by molar-refractivity contribution is 9.10. The maximum atomic E-state index is 12.7. The van der Waals surface area contributed by atoms with Crippen LogP contribution in [0.2, 0.25) is 5.02 Å². The third-order valence-corrected chi connectivity index (χ3v) is 6.14. The summed E-state index contributed by atoms with van der Waals surface area (Å²) in [6.07, 6.45) is 1.46. The van der Waals surface area contributed by atoms with Crippen LogP contribution >= 0.6 is 39.3 Å². The summed E-state index contributed by atoms with van der Waals surface area (Å²) in [6.45, 7) is 3.81. The van der Waals surface area contributed by atoms with Crippen molar-refractivity contribution < 1.29 is 29.3 Å². The highest BCUT2D eigenvalue weighted by Crippen LogP contribution is 2.42. The molecule has 0 unspecified atom stereocenters. The molecule has 0 aromatic heterocycles. The van der Waals surface area contributed by atoms with Gasteiger partial charge < -0.3 is 19.7 Å². The van der Waals surface area contributed by atoms with Crippen molar-refractivity contribution in [3.05, 3.63) is 73.3 Å². The monoisotopic (exact) mass is 551 g/mol. The number of benzene rings is 2. The van der Waals surface area contributed by atoms with E-state index in [0.717, 1.165) is 11.8 Å². The predicted molar refractivity (Wildman–Crippen MR) is 132 cm³/mol. The van der Waals surface area contributed by atoms with E-state index in [-0.39, 0.29) is 44.2 Å². The molecular formula is C23H19BrClNO6S. The molecule has 7 nitrogen and oxygen atoms in total. The molecule has 2 aromatic rings. The van der Waals surface area contributed by atoms with Crippen LogP contribution in [0.3, 0.4) is 0 Å². The fourth-order valence-corrected chi connectivity index (χ4v) is 4.56. The summed E-state index contributed by atoms with van der Waals surface area (Å²) in [6, 6.07) is 9.59. The topological polar surface area (TPSA) is 105 Å². The van der Waals surface area contributed by atoms with Gasteiger partial charge in [-0.3, -0.25) is 4.79 Å². The number of aliphatic hydroxyl groups excluding tert-OH is 1. The molecule has 2 N–H and O–H groups in total. The lowest BCUT2D eigenvalue weighted by Gasteiger charge is -2.09. The lowest BCUT2D eigenvalue weighted by molar-refractivity contribution is -0.138. The van der Waals surface area contributed by atoms with Crippen molar-refractivity contribution in [2.75, 3.05) is 13.2 Å². The first-order valence-electron chi connectivity index (χ1n) is 9.80. The molecule has 1 aliphatic heterocycles. The molecule has 1 aliphatic rings. The predicted octanol–water partition coefficient (Wildman–Crippen LogP) is 5.91. The number of nitrogens with zero attached hydrogens (tertiary/aromatic N) is 1. The van der Waals surface area contributed by atoms with Gasteiger partial charge in [-0.2, -0.15) is 0 Å². The van der Waals surface area contributed by atoms with Crippen molar-refractivity contribution >= 4 is 62.3 Å². The Kier molecular flexibility index (Phi) is 8.23. The van der Waals surface area contributed by atoms with Crippen molar-refractivity contribution in [3.63, 3.8) is 0 Å². The lowest BCUT2D eigenvalue weighted by atomic mass is 10.1. The minimum absolute atomic E-state index is 0.0402. The molecule has 0 atom stereocenters. The van der Waals surface area contributed by atoms with Crippen LogP contribution in [0.25, 0.3) is 6.08 Å². The SMILES string of the molecule is CCOC(=O)C1=C(O)/C(=C/c2cc(Br)cc(OCC)c2O)SC1=NC(=O)c1ccccc1Cl. The Morgan fingerprint density at radius 3 is 2.58 bits per heavy atom. The van der Waals surface area contributed by atoms with Crippen molar-refractivity contribution in [2.24, 2.45) is 4.99 Å². The van der Waals surface area contributed by atoms with Gasteiger partial charge in [0.1, 0.15) is 16.4 Å². The van der Waals surface area contributed by atoms with Crippen LogP contribution in [0.1, 0.15) is 29.8 Å². The van der Waals surface area contributed by atoms with E-state index >= 15 is 0 Å². The first-order chi connectivity index (χ1) is 15.8. The van der Waals surface area contributed by atoms with E-state index in [1.807, 2.05) is 0 Å². The van der Waals surface area contributed by atoms with Crippen LogP contribution in [-0.2, 0) is 9.53 Å². The van der Waals surface area contributed by atoms with E-state index in [0.29, 0.717) is 16.6 Å². The van der Waals surface area contributed by atoms with Gasteiger partial charge in [0.2, 0.25) is 0 Å². The van der Waals surface area contributed by atoms with Crippen molar-refractivity contribution in [2.45, 2.75) is 13.8 Å². The van der Waals surface area contributed by atoms with E-state index in [1.54, 1.807) is 44.2 Å². The number of hydrogen-bond acceptors (Lipinski definition) is 7. The lowest BCUT2D eigenvalue weighted by Crippen LogP contribution is -2.14. The van der Waals surface area contributed by atoms with E-state index in [2.05, 4.69) is 20.9 Å². The molecule has 0 spiro atoms. The number of carbonyl (C=O) groups excluding carboxylic acids is 2. The number of halogens is 2. The number of thioether (sulfide) groups is 1. The number of rotatable bonds is 6. The van der Waals surface area contributed by atoms with E-state index in [1.165, 1.54) is 12.1 Å². The zero-order chi connectivity index (χ0) is 24.1. The molecule has 0 fully saturated rings. The second kappa shape index (κ2) is 10.9. The van der Waals surface area contributed by atoms with Gasteiger partial charge >= 0.3 is 5.97 Å². The van der Waals surface area contributed by atoms with Crippen LogP contribution in [0.5, 0.6) is 11.5 Å². The molecule has 0 bridgehead atoms. The Morgan fingerprint density at radius 2 is 1.91 bits per heavy atom. The number of hydrogen-bond donors (Lipinski definition) is 2. The van der Waals surface area contributed by atoms with Gasteiger partial charge in [-0.05, 0) is 44.2 Å². The van der Waals surface area contributed by atoms with Crippen molar-refractivity contribution in [3.8, 4) is 11.5 Å². The largest absolute Gasteiger partial charge is 0.506 e. The van der Waals surface area contributed by atoms with Gasteiger partial charge in [0.05, 0.1) is 28.7 Å². The van der Waals surface area contributed by atoms with Crippen molar-refractivity contribution in [1.29, 1.82) is 0 Å². The summed E-state index contributed by atoms with van der Waals surface area (Å²) in [4.78, 5) is 29.5. The Labute approximate surface area is 207 Å². The Hall–Kier alpha value is -2.75. The molecule has 2 aromatic carbocycles. The van der Waals surface area contributed by atoms with E-state index < -0.39 is 17.6 Å². The number of esters is 1. The van der Waals surface area contributed by atoms with Crippen LogP contribution in [-0.4, -0.2) is 40.3 Å². The minimum atomic E-state index is -0.829. The second-order valence-electron chi connectivity index (χ2n) is 6.53. The number of carbonyl (C=O) groups is 2. The first kappa shape index (κ1) is 24.9. The second-order valence-corrected chi connectivity index (χ2v) is 8.88. The van der Waals surface area contributed by atoms with Gasteiger partial charge in [-0.1, -0.05) is 51.4 Å². The molecule has 0 saturated heterocycles. The van der Waals surface area contributed by atoms with Crippen molar-refractivity contribution in [1.82, 2.24) is 0 Å².